The fourth-order valence-corrected chi connectivity index (χ4v) is 2.95. The van der Waals surface area contributed by atoms with E-state index in [0.717, 1.165) is 19.5 Å². The van der Waals surface area contributed by atoms with E-state index in [-0.39, 0.29) is 42.8 Å². The Morgan fingerprint density at radius 3 is 2.45 bits per heavy atom. The smallest absolute Gasteiger partial charge is 0.220 e. The van der Waals surface area contributed by atoms with Gasteiger partial charge < -0.3 is 11.1 Å². The highest BCUT2D eigenvalue weighted by Gasteiger charge is 2.19. The van der Waals surface area contributed by atoms with Crippen molar-refractivity contribution in [2.24, 2.45) is 5.73 Å². The van der Waals surface area contributed by atoms with E-state index in [4.69, 9.17) is 5.73 Å². The number of nitrogens with one attached hydrogen (secondary N) is 1. The van der Waals surface area contributed by atoms with E-state index in [1.165, 1.54) is 5.56 Å². The van der Waals surface area contributed by atoms with Crippen molar-refractivity contribution in [1.29, 1.82) is 0 Å². The summed E-state index contributed by atoms with van der Waals surface area (Å²) < 4.78 is 0. The average molecular weight is 370 g/mol. The first-order valence-electron chi connectivity index (χ1n) is 7.36. The van der Waals surface area contributed by atoms with Gasteiger partial charge in [-0.3, -0.25) is 9.69 Å². The van der Waals surface area contributed by atoms with Crippen LogP contribution in [0.3, 0.4) is 0 Å². The average Bonchev–Trinajstić information content (AvgIpc) is 2.94. The minimum absolute atomic E-state index is 0. The van der Waals surface area contributed by atoms with Crippen LogP contribution in [0.25, 0.3) is 0 Å². The predicted octanol–water partition coefficient (Wildman–Crippen LogP) is 3.22. The van der Waals surface area contributed by atoms with Crippen LogP contribution in [-0.4, -0.2) is 36.5 Å². The van der Waals surface area contributed by atoms with Gasteiger partial charge in [-0.1, -0.05) is 13.8 Å². The van der Waals surface area contributed by atoms with Crippen LogP contribution >= 0.6 is 36.2 Å². The van der Waals surface area contributed by atoms with E-state index in [1.807, 2.05) is 6.92 Å². The molecule has 2 atom stereocenters. The number of halogens is 2. The molecule has 2 unspecified atom stereocenters. The summed E-state index contributed by atoms with van der Waals surface area (Å²) in [6, 6.07) is 2.48. The fourth-order valence-electron chi connectivity index (χ4n) is 2.24. The summed E-state index contributed by atoms with van der Waals surface area (Å²) in [6.07, 6.45) is 1.24. The molecule has 0 bridgehead atoms. The highest BCUT2D eigenvalue weighted by Crippen LogP contribution is 2.22. The number of thiophene rings is 1. The van der Waals surface area contributed by atoms with Gasteiger partial charge in [0.25, 0.3) is 0 Å². The molecule has 0 aliphatic rings. The molecular weight excluding hydrogens is 341 g/mol. The van der Waals surface area contributed by atoms with Gasteiger partial charge in [-0.05, 0) is 48.8 Å². The van der Waals surface area contributed by atoms with Crippen LogP contribution in [0.5, 0.6) is 0 Å². The zero-order valence-corrected chi connectivity index (χ0v) is 16.0. The molecule has 0 aliphatic carbocycles. The lowest BCUT2D eigenvalue weighted by molar-refractivity contribution is -0.121. The maximum absolute atomic E-state index is 11.8. The minimum atomic E-state index is 0. The normalized spacial score (nSPS) is 13.0. The number of hydrogen-bond donors (Lipinski definition) is 2. The fraction of sp³-hybridized carbons (Fsp3) is 0.667. The molecule has 1 amide bonds. The standard InChI is InChI=1S/C15H27N3OS.2ClH/c1-4-18(5-2)14(13-8-9-20-11-13)10-17-15(19)7-6-12(3)16;;/h8-9,11-12,14H,4-7,10,16H2,1-3H3,(H,17,19);2*1H. The van der Waals surface area contributed by atoms with Crippen LogP contribution in [0.15, 0.2) is 16.8 Å². The highest BCUT2D eigenvalue weighted by molar-refractivity contribution is 7.07. The zero-order chi connectivity index (χ0) is 15.0. The lowest BCUT2D eigenvalue weighted by Crippen LogP contribution is -2.38. The molecule has 0 aliphatic heterocycles. The molecule has 3 N–H and O–H groups in total. The van der Waals surface area contributed by atoms with Crippen LogP contribution in [0, 0.1) is 0 Å². The van der Waals surface area contributed by atoms with E-state index in [2.05, 4.69) is 40.9 Å². The van der Waals surface area contributed by atoms with Gasteiger partial charge in [0.2, 0.25) is 5.91 Å². The predicted molar refractivity (Wildman–Crippen MR) is 100 cm³/mol. The molecule has 1 aromatic rings. The van der Waals surface area contributed by atoms with E-state index >= 15 is 0 Å². The van der Waals surface area contributed by atoms with Gasteiger partial charge in [0.15, 0.2) is 0 Å². The van der Waals surface area contributed by atoms with E-state index in [1.54, 1.807) is 11.3 Å². The minimum Gasteiger partial charge on any atom is -0.354 e. The van der Waals surface area contributed by atoms with Crippen molar-refractivity contribution in [1.82, 2.24) is 10.2 Å². The first kappa shape index (κ1) is 23.9. The second-order valence-corrected chi connectivity index (χ2v) is 5.89. The topological polar surface area (TPSA) is 58.4 Å². The van der Waals surface area contributed by atoms with Gasteiger partial charge in [0.05, 0.1) is 6.04 Å². The number of nitrogens with zero attached hydrogens (tertiary/aromatic N) is 1. The van der Waals surface area contributed by atoms with Gasteiger partial charge >= 0.3 is 0 Å². The molecule has 0 spiro atoms. The molecule has 0 radical (unpaired) electrons. The van der Waals surface area contributed by atoms with Gasteiger partial charge in [-0.25, -0.2) is 0 Å². The van der Waals surface area contributed by atoms with Crippen molar-refractivity contribution in [3.8, 4) is 0 Å². The van der Waals surface area contributed by atoms with E-state index < -0.39 is 0 Å². The molecule has 0 fully saturated rings. The monoisotopic (exact) mass is 369 g/mol. The summed E-state index contributed by atoms with van der Waals surface area (Å²) in [5.74, 6) is 0.0923. The zero-order valence-electron chi connectivity index (χ0n) is 13.6. The molecule has 0 aromatic carbocycles. The Labute approximate surface area is 150 Å². The number of likely N-dealkylation sites (N-methyl/N-ethyl adjacent to an activating group) is 1. The molecule has 22 heavy (non-hydrogen) atoms. The Hall–Kier alpha value is -0.330. The van der Waals surface area contributed by atoms with Crippen molar-refractivity contribution in [3.63, 3.8) is 0 Å². The summed E-state index contributed by atoms with van der Waals surface area (Å²) in [6.45, 7) is 8.86. The van der Waals surface area contributed by atoms with Crippen molar-refractivity contribution >= 4 is 42.1 Å². The van der Waals surface area contributed by atoms with Gasteiger partial charge in [0.1, 0.15) is 0 Å². The molecular formula is C15H29Cl2N3OS. The highest BCUT2D eigenvalue weighted by atomic mass is 35.5. The van der Waals surface area contributed by atoms with Crippen LogP contribution in [-0.2, 0) is 4.79 Å². The van der Waals surface area contributed by atoms with Crippen LogP contribution in [0.2, 0.25) is 0 Å². The molecule has 4 nitrogen and oxygen atoms in total. The Morgan fingerprint density at radius 2 is 2.00 bits per heavy atom. The number of amides is 1. The first-order valence-corrected chi connectivity index (χ1v) is 8.31. The molecule has 7 heteroatoms. The molecule has 0 saturated carbocycles. The molecule has 0 saturated heterocycles. The quantitative estimate of drug-likeness (QED) is 0.702. The van der Waals surface area contributed by atoms with Gasteiger partial charge in [-0.2, -0.15) is 11.3 Å². The van der Waals surface area contributed by atoms with Crippen molar-refractivity contribution < 1.29 is 4.79 Å². The Balaban J connectivity index is 0. The van der Waals surface area contributed by atoms with Crippen molar-refractivity contribution in [2.45, 2.75) is 45.7 Å². The molecule has 130 valence electrons. The molecule has 1 heterocycles. The third-order valence-electron chi connectivity index (χ3n) is 3.50. The van der Waals surface area contributed by atoms with Crippen LogP contribution in [0.4, 0.5) is 0 Å². The summed E-state index contributed by atoms with van der Waals surface area (Å²) in [5, 5.41) is 7.29. The maximum Gasteiger partial charge on any atom is 0.220 e. The lowest BCUT2D eigenvalue weighted by Gasteiger charge is -2.29. The van der Waals surface area contributed by atoms with Crippen molar-refractivity contribution in [3.05, 3.63) is 22.4 Å². The van der Waals surface area contributed by atoms with E-state index in [9.17, 15) is 4.79 Å². The maximum atomic E-state index is 11.8. The lowest BCUT2D eigenvalue weighted by atomic mass is 10.1. The first-order chi connectivity index (χ1) is 9.58. The number of carbonyl (C=O) groups is 1. The largest absolute Gasteiger partial charge is 0.354 e. The second-order valence-electron chi connectivity index (χ2n) is 5.11. The number of nitrogens with two attached hydrogens (primary N) is 1. The van der Waals surface area contributed by atoms with Crippen LogP contribution in [0.1, 0.15) is 45.2 Å². The van der Waals surface area contributed by atoms with E-state index in [0.29, 0.717) is 13.0 Å². The summed E-state index contributed by atoms with van der Waals surface area (Å²) in [5.41, 5.74) is 6.96. The number of rotatable bonds is 9. The number of carbonyl (C=O) groups excluding carboxylic acids is 1. The Morgan fingerprint density at radius 1 is 1.36 bits per heavy atom. The SMILES string of the molecule is CCN(CC)C(CNC(=O)CCC(C)N)c1ccsc1.Cl.Cl. The molecule has 1 aromatic heterocycles. The van der Waals surface area contributed by atoms with Crippen LogP contribution < -0.4 is 11.1 Å². The van der Waals surface area contributed by atoms with Gasteiger partial charge in [-0.15, -0.1) is 24.8 Å². The third-order valence-corrected chi connectivity index (χ3v) is 4.20. The number of hydrogen-bond acceptors (Lipinski definition) is 4. The summed E-state index contributed by atoms with van der Waals surface area (Å²) in [7, 11) is 0. The molecule has 1 rings (SSSR count). The third kappa shape index (κ3) is 8.34. The second kappa shape index (κ2) is 13.1. The van der Waals surface area contributed by atoms with Gasteiger partial charge in [0, 0.05) is 19.0 Å². The summed E-state index contributed by atoms with van der Waals surface area (Å²) in [4.78, 5) is 14.2. The summed E-state index contributed by atoms with van der Waals surface area (Å²) >= 11 is 1.70. The Kier molecular flexibility index (Phi) is 14.3. The van der Waals surface area contributed by atoms with Crippen molar-refractivity contribution in [2.75, 3.05) is 19.6 Å². The Bertz CT molecular complexity index is 384.